The van der Waals surface area contributed by atoms with Crippen molar-refractivity contribution in [3.05, 3.63) is 52.9 Å². The van der Waals surface area contributed by atoms with E-state index in [1.54, 1.807) is 24.4 Å². The first kappa shape index (κ1) is 10.4. The lowest BCUT2D eigenvalue weighted by Crippen LogP contribution is -2.12. The van der Waals surface area contributed by atoms with Crippen LogP contribution < -0.4 is 5.32 Å². The number of aromatic nitrogens is 1. The molecule has 80 valence electrons. The Morgan fingerprint density at radius 3 is 2.94 bits per heavy atom. The average molecular weight is 213 g/mol. The molecule has 2 heterocycles. The zero-order valence-corrected chi connectivity index (χ0v) is 8.73. The predicted octanol–water partition coefficient (Wildman–Crippen LogP) is 1.78. The highest BCUT2D eigenvalue weighted by molar-refractivity contribution is 6.09. The van der Waals surface area contributed by atoms with E-state index in [4.69, 9.17) is 6.57 Å². The topological polar surface area (TPSA) is 46.4 Å². The van der Waals surface area contributed by atoms with Gasteiger partial charge >= 0.3 is 0 Å². The van der Waals surface area contributed by atoms with Crippen molar-refractivity contribution >= 4 is 5.78 Å². The molecule has 0 amide bonds. The van der Waals surface area contributed by atoms with Crippen molar-refractivity contribution in [2.24, 2.45) is 0 Å². The average Bonchev–Trinajstić information content (AvgIpc) is 2.85. The lowest BCUT2D eigenvalue weighted by atomic mass is 10.1. The summed E-state index contributed by atoms with van der Waals surface area (Å²) in [6, 6.07) is 5.12. The minimum atomic E-state index is -0.292. The molecule has 1 fully saturated rings. The molecule has 1 N–H and O–H groups in total. The highest BCUT2D eigenvalue weighted by atomic mass is 16.1. The van der Waals surface area contributed by atoms with Gasteiger partial charge in [0.15, 0.2) is 0 Å². The number of allylic oxidation sites excluding steroid dienone is 2. The van der Waals surface area contributed by atoms with Crippen LogP contribution in [-0.4, -0.2) is 17.3 Å². The van der Waals surface area contributed by atoms with Gasteiger partial charge in [-0.05, 0) is 25.0 Å². The van der Waals surface area contributed by atoms with Gasteiger partial charge in [0.2, 0.25) is 5.78 Å². The Morgan fingerprint density at radius 2 is 2.38 bits per heavy atom. The van der Waals surface area contributed by atoms with Gasteiger partial charge < -0.3 is 10.1 Å². The van der Waals surface area contributed by atoms with Crippen LogP contribution in [0.15, 0.2) is 35.8 Å². The van der Waals surface area contributed by atoms with Gasteiger partial charge in [0.25, 0.3) is 5.70 Å². The largest absolute Gasteiger partial charge is 0.397 e. The summed E-state index contributed by atoms with van der Waals surface area (Å²) < 4.78 is 0. The van der Waals surface area contributed by atoms with Gasteiger partial charge in [0, 0.05) is 18.4 Å². The number of nitrogens with zero attached hydrogens (tertiary/aromatic N) is 2. The molecule has 16 heavy (non-hydrogen) atoms. The van der Waals surface area contributed by atoms with Crippen LogP contribution in [-0.2, 0) is 0 Å². The van der Waals surface area contributed by atoms with E-state index in [0.717, 1.165) is 25.1 Å². The molecular weight excluding hydrogens is 202 g/mol. The first-order valence-electron chi connectivity index (χ1n) is 5.13. The molecule has 1 aliphatic heterocycles. The minimum Gasteiger partial charge on any atom is -0.397 e. The number of carbonyl (C=O) groups is 1. The summed E-state index contributed by atoms with van der Waals surface area (Å²) in [5.41, 5.74) is 1.26. The fourth-order valence-electron chi connectivity index (χ4n) is 1.67. The summed E-state index contributed by atoms with van der Waals surface area (Å²) >= 11 is 0. The zero-order chi connectivity index (χ0) is 11.4. The quantitative estimate of drug-likeness (QED) is 0.462. The number of rotatable bonds is 2. The first-order valence-corrected chi connectivity index (χ1v) is 5.13. The molecule has 1 aromatic heterocycles. The molecule has 0 radical (unpaired) electrons. The van der Waals surface area contributed by atoms with Gasteiger partial charge in [0.05, 0.1) is 12.3 Å². The van der Waals surface area contributed by atoms with Crippen molar-refractivity contribution in [1.82, 2.24) is 10.3 Å². The molecule has 0 atom stereocenters. The second kappa shape index (κ2) is 4.58. The zero-order valence-electron chi connectivity index (χ0n) is 8.73. The third-order valence-corrected chi connectivity index (χ3v) is 2.45. The summed E-state index contributed by atoms with van der Waals surface area (Å²) in [4.78, 5) is 19.3. The van der Waals surface area contributed by atoms with Crippen molar-refractivity contribution in [2.75, 3.05) is 6.54 Å². The summed E-state index contributed by atoms with van der Waals surface area (Å²) in [5, 5.41) is 3.08. The van der Waals surface area contributed by atoms with E-state index in [9.17, 15) is 4.79 Å². The van der Waals surface area contributed by atoms with Crippen molar-refractivity contribution in [2.45, 2.75) is 12.8 Å². The second-order valence-electron chi connectivity index (χ2n) is 3.51. The van der Waals surface area contributed by atoms with Crippen LogP contribution >= 0.6 is 0 Å². The molecule has 0 unspecified atom stereocenters. The Hall–Kier alpha value is -2.15. The Labute approximate surface area is 93.8 Å². The molecule has 0 bridgehead atoms. The number of ketones is 1. The third-order valence-electron chi connectivity index (χ3n) is 2.45. The van der Waals surface area contributed by atoms with E-state index in [0.29, 0.717) is 5.69 Å². The van der Waals surface area contributed by atoms with Crippen LogP contribution in [0.25, 0.3) is 4.85 Å². The van der Waals surface area contributed by atoms with Crippen LogP contribution in [0.5, 0.6) is 0 Å². The molecule has 0 aromatic carbocycles. The van der Waals surface area contributed by atoms with Crippen LogP contribution in [0, 0.1) is 6.57 Å². The van der Waals surface area contributed by atoms with E-state index >= 15 is 0 Å². The van der Waals surface area contributed by atoms with Gasteiger partial charge in [-0.2, -0.15) is 0 Å². The van der Waals surface area contributed by atoms with E-state index in [-0.39, 0.29) is 11.5 Å². The van der Waals surface area contributed by atoms with Crippen molar-refractivity contribution in [3.8, 4) is 0 Å². The lowest BCUT2D eigenvalue weighted by Gasteiger charge is -2.03. The van der Waals surface area contributed by atoms with E-state index in [1.165, 1.54) is 0 Å². The summed E-state index contributed by atoms with van der Waals surface area (Å²) in [6.45, 7) is 7.92. The minimum absolute atomic E-state index is 0.177. The van der Waals surface area contributed by atoms with E-state index < -0.39 is 0 Å². The highest BCUT2D eigenvalue weighted by Crippen LogP contribution is 2.18. The number of nitrogens with one attached hydrogen (secondary N) is 1. The van der Waals surface area contributed by atoms with Crippen molar-refractivity contribution in [1.29, 1.82) is 0 Å². The van der Waals surface area contributed by atoms with Gasteiger partial charge in [-0.1, -0.05) is 6.07 Å². The summed E-state index contributed by atoms with van der Waals surface area (Å²) in [6.07, 6.45) is 3.31. The monoisotopic (exact) mass is 213 g/mol. The Kier molecular flexibility index (Phi) is 2.97. The number of pyridine rings is 1. The molecule has 4 nitrogen and oxygen atoms in total. The molecule has 0 spiro atoms. The van der Waals surface area contributed by atoms with Crippen LogP contribution in [0.1, 0.15) is 23.3 Å². The maximum Gasteiger partial charge on any atom is 0.253 e. The Morgan fingerprint density at radius 1 is 1.50 bits per heavy atom. The van der Waals surface area contributed by atoms with E-state index in [1.807, 2.05) is 0 Å². The Balaban J connectivity index is 2.34. The maximum atomic E-state index is 12.0. The predicted molar refractivity (Wildman–Crippen MR) is 59.4 cm³/mol. The number of hydrogen-bond donors (Lipinski definition) is 1. The first-order chi connectivity index (χ1) is 7.83. The molecule has 0 saturated carbocycles. The fraction of sp³-hybridized carbons (Fsp3) is 0.250. The number of Topliss-reactive ketones (excluding diaryl/α,β-unsaturated/α-hetero) is 1. The third kappa shape index (κ3) is 1.94. The maximum absolute atomic E-state index is 12.0. The van der Waals surface area contributed by atoms with Crippen LogP contribution in [0.2, 0.25) is 0 Å². The lowest BCUT2D eigenvalue weighted by molar-refractivity contribution is 0.103. The Bertz CT molecular complexity index is 463. The number of hydrogen-bond acceptors (Lipinski definition) is 3. The summed E-state index contributed by atoms with van der Waals surface area (Å²) in [7, 11) is 0. The highest BCUT2D eigenvalue weighted by Gasteiger charge is 2.20. The normalized spacial score (nSPS) is 17.4. The molecule has 2 rings (SSSR count). The molecule has 1 aromatic rings. The number of carbonyl (C=O) groups excluding carboxylic acids is 1. The molecule has 0 aliphatic carbocycles. The van der Waals surface area contributed by atoms with E-state index in [2.05, 4.69) is 15.1 Å². The van der Waals surface area contributed by atoms with Gasteiger partial charge in [0.1, 0.15) is 0 Å². The molecule has 4 heteroatoms. The molecule has 1 aliphatic rings. The molecular formula is C12H11N3O. The van der Waals surface area contributed by atoms with Crippen LogP contribution in [0.4, 0.5) is 0 Å². The van der Waals surface area contributed by atoms with Crippen molar-refractivity contribution < 1.29 is 4.79 Å². The van der Waals surface area contributed by atoms with Crippen LogP contribution in [0.3, 0.4) is 0 Å². The SMILES string of the molecule is [C-]#[N+]/C(C(=O)c1ccccn1)=C1\CCCN1. The van der Waals surface area contributed by atoms with Crippen molar-refractivity contribution in [3.63, 3.8) is 0 Å². The molecule has 1 saturated heterocycles. The van der Waals surface area contributed by atoms with Gasteiger partial charge in [-0.15, -0.1) is 0 Å². The second-order valence-corrected chi connectivity index (χ2v) is 3.51. The van der Waals surface area contributed by atoms with Gasteiger partial charge in [-0.3, -0.25) is 4.98 Å². The fourth-order valence-corrected chi connectivity index (χ4v) is 1.67. The summed E-state index contributed by atoms with van der Waals surface area (Å²) in [5.74, 6) is -0.292. The van der Waals surface area contributed by atoms with Gasteiger partial charge in [-0.25, -0.2) is 4.85 Å². The smallest absolute Gasteiger partial charge is 0.253 e. The standard InChI is InChI=1S/C12H11N3O/c1-13-11(9-6-4-8-14-9)12(16)10-5-2-3-7-15-10/h2-3,5,7,14H,4,6,8H2/b11-9+.